The molecule has 0 saturated heterocycles. The van der Waals surface area contributed by atoms with Crippen LogP contribution in [0.4, 0.5) is 0 Å². The number of hydrogen-bond acceptors (Lipinski definition) is 3. The van der Waals surface area contributed by atoms with Crippen molar-refractivity contribution < 1.29 is 8.42 Å². The summed E-state index contributed by atoms with van der Waals surface area (Å²) < 4.78 is 21.4. The Morgan fingerprint density at radius 3 is 2.45 bits per heavy atom. The zero-order valence-electron chi connectivity index (χ0n) is 6.79. The first-order valence-electron chi connectivity index (χ1n) is 3.28. The molecule has 64 valence electrons. The van der Waals surface area contributed by atoms with Gasteiger partial charge in [0.15, 0.2) is 0 Å². The maximum Gasteiger partial charge on any atom is 0.149 e. The van der Waals surface area contributed by atoms with Crippen LogP contribution in [0.2, 0.25) is 0 Å². The molecule has 11 heavy (non-hydrogen) atoms. The van der Waals surface area contributed by atoms with Gasteiger partial charge in [-0.3, -0.25) is 0 Å². The topological polar surface area (TPSA) is 60.2 Å². The third-order valence-corrected chi connectivity index (χ3v) is 2.09. The fourth-order valence-corrected chi connectivity index (χ4v) is 1.58. The van der Waals surface area contributed by atoms with Crippen molar-refractivity contribution in [1.82, 2.24) is 0 Å². The lowest BCUT2D eigenvalue weighted by Crippen LogP contribution is -2.28. The Balaban J connectivity index is 3.86. The number of nitrogens with two attached hydrogens (primary N) is 1. The van der Waals surface area contributed by atoms with Crippen molar-refractivity contribution in [2.45, 2.75) is 19.4 Å². The van der Waals surface area contributed by atoms with Gasteiger partial charge < -0.3 is 5.73 Å². The molecule has 0 amide bonds. The molecule has 0 aliphatic carbocycles. The maximum atomic E-state index is 10.7. The van der Waals surface area contributed by atoms with Crippen LogP contribution >= 0.6 is 0 Å². The molecule has 0 aromatic rings. The molecule has 0 spiro atoms. The minimum absolute atomic E-state index is 0.0156. The molecule has 0 aromatic carbocycles. The predicted molar refractivity (Wildman–Crippen MR) is 45.8 cm³/mol. The van der Waals surface area contributed by atoms with Crippen LogP contribution in [0.3, 0.4) is 0 Å². The van der Waals surface area contributed by atoms with Gasteiger partial charge >= 0.3 is 0 Å². The summed E-state index contributed by atoms with van der Waals surface area (Å²) in [6.07, 6.45) is 1.62. The van der Waals surface area contributed by atoms with Crippen LogP contribution in [0.1, 0.15) is 13.3 Å². The zero-order chi connectivity index (χ0) is 8.91. The van der Waals surface area contributed by atoms with Crippen LogP contribution in [0.15, 0.2) is 0 Å². The van der Waals surface area contributed by atoms with Gasteiger partial charge in [0.05, 0.1) is 5.75 Å². The molecule has 0 aromatic heterocycles. The van der Waals surface area contributed by atoms with Gasteiger partial charge in [0.2, 0.25) is 0 Å². The number of sulfone groups is 1. The van der Waals surface area contributed by atoms with Crippen molar-refractivity contribution in [3.63, 3.8) is 0 Å². The van der Waals surface area contributed by atoms with Gasteiger partial charge in [-0.15, -0.1) is 11.8 Å². The number of rotatable bonds is 3. The van der Waals surface area contributed by atoms with Crippen LogP contribution < -0.4 is 5.73 Å². The quantitative estimate of drug-likeness (QED) is 0.603. The van der Waals surface area contributed by atoms with Gasteiger partial charge in [-0.1, -0.05) is 0 Å². The molecule has 4 heteroatoms. The number of hydrogen-bond donors (Lipinski definition) is 1. The third kappa shape index (κ3) is 7.37. The van der Waals surface area contributed by atoms with Crippen molar-refractivity contribution in [3.8, 4) is 11.8 Å². The van der Waals surface area contributed by atoms with Crippen molar-refractivity contribution in [1.29, 1.82) is 0 Å². The Morgan fingerprint density at radius 2 is 2.09 bits per heavy atom. The molecule has 0 bridgehead atoms. The molecule has 0 rings (SSSR count). The van der Waals surface area contributed by atoms with E-state index in [1.165, 1.54) is 6.26 Å². The summed E-state index contributed by atoms with van der Waals surface area (Å²) in [6.45, 7) is 1.70. The molecule has 0 aliphatic heterocycles. The Morgan fingerprint density at radius 1 is 1.55 bits per heavy atom. The maximum absolute atomic E-state index is 10.7. The van der Waals surface area contributed by atoms with Crippen LogP contribution in [0, 0.1) is 11.8 Å². The minimum atomic E-state index is -2.95. The fraction of sp³-hybridized carbons (Fsp3) is 0.714. The van der Waals surface area contributed by atoms with E-state index in [2.05, 4.69) is 11.8 Å². The smallest absolute Gasteiger partial charge is 0.149 e. The van der Waals surface area contributed by atoms with Crippen LogP contribution in [0.25, 0.3) is 0 Å². The van der Waals surface area contributed by atoms with E-state index in [0.29, 0.717) is 6.42 Å². The van der Waals surface area contributed by atoms with Crippen molar-refractivity contribution in [2.24, 2.45) is 5.73 Å². The van der Waals surface area contributed by atoms with Crippen LogP contribution in [-0.2, 0) is 9.84 Å². The molecule has 2 N–H and O–H groups in total. The average Bonchev–Trinajstić information content (AvgIpc) is 1.79. The van der Waals surface area contributed by atoms with Gasteiger partial charge in [0, 0.05) is 18.7 Å². The molecule has 3 nitrogen and oxygen atoms in total. The first kappa shape index (κ1) is 10.5. The second kappa shape index (κ2) is 4.37. The summed E-state index contributed by atoms with van der Waals surface area (Å²) >= 11 is 0. The summed E-state index contributed by atoms with van der Waals surface area (Å²) in [5.74, 6) is 5.41. The van der Waals surface area contributed by atoms with E-state index in [9.17, 15) is 8.42 Å². The van der Waals surface area contributed by atoms with Gasteiger partial charge in [-0.25, -0.2) is 8.42 Å². The van der Waals surface area contributed by atoms with E-state index in [1.54, 1.807) is 6.92 Å². The highest BCUT2D eigenvalue weighted by atomic mass is 32.2. The Bertz CT molecular complexity index is 258. The van der Waals surface area contributed by atoms with Gasteiger partial charge in [-0.05, 0) is 6.92 Å². The third-order valence-electron chi connectivity index (χ3n) is 1.06. The highest BCUT2D eigenvalue weighted by molar-refractivity contribution is 7.90. The first-order valence-corrected chi connectivity index (χ1v) is 5.34. The SMILES string of the molecule is CC#CCC(N)CS(C)(=O)=O. The van der Waals surface area contributed by atoms with E-state index in [0.717, 1.165) is 0 Å². The molecule has 0 aliphatic rings. The van der Waals surface area contributed by atoms with Crippen molar-refractivity contribution in [2.75, 3.05) is 12.0 Å². The van der Waals surface area contributed by atoms with E-state index < -0.39 is 9.84 Å². The van der Waals surface area contributed by atoms with E-state index in [1.807, 2.05) is 0 Å². The van der Waals surface area contributed by atoms with E-state index >= 15 is 0 Å². The standard InChI is InChI=1S/C7H13NO2S/c1-3-4-5-7(8)6-11(2,9)10/h7H,5-6,8H2,1-2H3. The lowest BCUT2D eigenvalue weighted by Gasteiger charge is -2.04. The molecule has 0 fully saturated rings. The second-order valence-corrected chi connectivity index (χ2v) is 4.67. The first-order chi connectivity index (χ1) is 4.95. The molecule has 0 heterocycles. The summed E-state index contributed by atoms with van der Waals surface area (Å²) in [6, 6.07) is -0.350. The van der Waals surface area contributed by atoms with E-state index in [-0.39, 0.29) is 11.8 Å². The summed E-state index contributed by atoms with van der Waals surface area (Å²) in [7, 11) is -2.95. The van der Waals surface area contributed by atoms with Crippen molar-refractivity contribution in [3.05, 3.63) is 0 Å². The largest absolute Gasteiger partial charge is 0.326 e. The molecule has 1 unspecified atom stereocenters. The van der Waals surface area contributed by atoms with Gasteiger partial charge in [-0.2, -0.15) is 0 Å². The molecule has 0 saturated carbocycles. The lowest BCUT2D eigenvalue weighted by molar-refractivity contribution is 0.593. The highest BCUT2D eigenvalue weighted by Gasteiger charge is 2.08. The summed E-state index contributed by atoms with van der Waals surface area (Å²) in [5.41, 5.74) is 5.46. The van der Waals surface area contributed by atoms with Crippen LogP contribution in [-0.4, -0.2) is 26.5 Å². The molecule has 1 atom stereocenters. The Labute approximate surface area is 67.9 Å². The van der Waals surface area contributed by atoms with Crippen molar-refractivity contribution >= 4 is 9.84 Å². The summed E-state index contributed by atoms with van der Waals surface area (Å²) in [4.78, 5) is 0. The lowest BCUT2D eigenvalue weighted by atomic mass is 10.2. The molecular weight excluding hydrogens is 162 g/mol. The predicted octanol–water partition coefficient (Wildman–Crippen LogP) is -0.228. The molecule has 0 radical (unpaired) electrons. The average molecular weight is 175 g/mol. The Kier molecular flexibility index (Phi) is 4.16. The Hall–Kier alpha value is -0.530. The highest BCUT2D eigenvalue weighted by Crippen LogP contribution is 1.91. The van der Waals surface area contributed by atoms with Gasteiger partial charge in [0.25, 0.3) is 0 Å². The summed E-state index contributed by atoms with van der Waals surface area (Å²) in [5, 5.41) is 0. The normalized spacial score (nSPS) is 13.4. The van der Waals surface area contributed by atoms with Crippen LogP contribution in [0.5, 0.6) is 0 Å². The second-order valence-electron chi connectivity index (χ2n) is 2.48. The van der Waals surface area contributed by atoms with E-state index in [4.69, 9.17) is 5.73 Å². The monoisotopic (exact) mass is 175 g/mol. The zero-order valence-corrected chi connectivity index (χ0v) is 7.61. The van der Waals surface area contributed by atoms with Gasteiger partial charge in [0.1, 0.15) is 9.84 Å². The fourth-order valence-electron chi connectivity index (χ4n) is 0.681. The minimum Gasteiger partial charge on any atom is -0.326 e. The molecular formula is C7H13NO2S.